The maximum atomic E-state index is 13.9. The van der Waals surface area contributed by atoms with Crippen LogP contribution in [0.1, 0.15) is 32.7 Å². The van der Waals surface area contributed by atoms with Gasteiger partial charge in [-0.3, -0.25) is 0 Å². The Bertz CT molecular complexity index is 1060. The molecule has 0 saturated heterocycles. The molecule has 0 N–H and O–H groups in total. The Balaban J connectivity index is 1.71. The second kappa shape index (κ2) is 8.55. The van der Waals surface area contributed by atoms with Crippen molar-refractivity contribution in [2.45, 2.75) is 13.5 Å². The molecule has 0 saturated carbocycles. The molecule has 1 aliphatic rings. The first kappa shape index (κ1) is 19.3. The number of nitrogens with zero attached hydrogens (tertiary/aromatic N) is 1. The molecule has 0 fully saturated rings. The Morgan fingerprint density at radius 1 is 1.28 bits per heavy atom. The Kier molecular flexibility index (Phi) is 5.69. The van der Waals surface area contributed by atoms with Crippen molar-refractivity contribution in [2.75, 3.05) is 13.4 Å². The number of halogens is 1. The zero-order valence-corrected chi connectivity index (χ0v) is 16.5. The molecular formula is C22H18FNO4S. The minimum absolute atomic E-state index is 0.127. The van der Waals surface area contributed by atoms with Crippen molar-refractivity contribution in [3.63, 3.8) is 0 Å². The van der Waals surface area contributed by atoms with E-state index in [-0.39, 0.29) is 19.2 Å². The molecule has 0 atom stereocenters. The third-order valence-corrected chi connectivity index (χ3v) is 5.26. The number of rotatable bonds is 5. The van der Waals surface area contributed by atoms with E-state index in [0.717, 1.165) is 5.56 Å². The molecule has 7 heteroatoms. The lowest BCUT2D eigenvalue weighted by molar-refractivity contribution is -0.0167. The average molecular weight is 411 g/mol. The highest BCUT2D eigenvalue weighted by molar-refractivity contribution is 7.15. The van der Waals surface area contributed by atoms with Crippen LogP contribution in [-0.4, -0.2) is 24.4 Å². The predicted molar refractivity (Wildman–Crippen MR) is 109 cm³/mol. The van der Waals surface area contributed by atoms with Crippen LogP contribution in [0.3, 0.4) is 0 Å². The van der Waals surface area contributed by atoms with Crippen molar-refractivity contribution in [3.8, 4) is 17.0 Å². The van der Waals surface area contributed by atoms with Crippen molar-refractivity contribution in [2.24, 2.45) is 0 Å². The third kappa shape index (κ3) is 4.21. The molecule has 0 aliphatic carbocycles. The van der Waals surface area contributed by atoms with Gasteiger partial charge in [0.05, 0.1) is 18.9 Å². The van der Waals surface area contributed by atoms with Crippen LogP contribution in [0.2, 0.25) is 0 Å². The first-order chi connectivity index (χ1) is 14.2. The summed E-state index contributed by atoms with van der Waals surface area (Å²) in [5.74, 6) is -0.180. The summed E-state index contributed by atoms with van der Waals surface area (Å²) in [6.45, 7) is 2.47. The van der Waals surface area contributed by atoms with Crippen molar-refractivity contribution in [1.29, 1.82) is 0 Å². The van der Waals surface area contributed by atoms with Gasteiger partial charge in [-0.05, 0) is 31.2 Å². The van der Waals surface area contributed by atoms with Gasteiger partial charge in [-0.25, -0.2) is 14.2 Å². The van der Waals surface area contributed by atoms with E-state index in [2.05, 4.69) is 4.98 Å². The number of thiazole rings is 1. The highest BCUT2D eigenvalue weighted by Crippen LogP contribution is 2.33. The number of fused-ring (bicyclic) bond motifs is 1. The summed E-state index contributed by atoms with van der Waals surface area (Å²) in [6.07, 6.45) is 3.48. The summed E-state index contributed by atoms with van der Waals surface area (Å²) in [5, 5.41) is 0.608. The average Bonchev–Trinajstić information content (AvgIpc) is 3.17. The van der Waals surface area contributed by atoms with Crippen molar-refractivity contribution < 1.29 is 23.4 Å². The SMILES string of the molecule is CCOC(=O)c1sc(/C=C/c2cc(F)cc3c2OCOC3)nc1-c1ccccc1. The van der Waals surface area contributed by atoms with E-state index in [1.807, 2.05) is 30.3 Å². The Morgan fingerprint density at radius 2 is 2.10 bits per heavy atom. The Labute approximate surface area is 171 Å². The fourth-order valence-electron chi connectivity index (χ4n) is 3.03. The van der Waals surface area contributed by atoms with E-state index in [1.165, 1.54) is 23.5 Å². The predicted octanol–water partition coefficient (Wildman–Crippen LogP) is 5.16. The molecule has 4 rings (SSSR count). The molecule has 148 valence electrons. The van der Waals surface area contributed by atoms with Crippen LogP contribution in [0.25, 0.3) is 23.4 Å². The molecule has 0 amide bonds. The topological polar surface area (TPSA) is 57.7 Å². The summed E-state index contributed by atoms with van der Waals surface area (Å²) in [6, 6.07) is 12.3. The van der Waals surface area contributed by atoms with Gasteiger partial charge < -0.3 is 14.2 Å². The fraction of sp³-hybridized carbons (Fsp3) is 0.182. The van der Waals surface area contributed by atoms with Crippen LogP contribution in [0, 0.1) is 5.82 Å². The molecule has 2 aromatic carbocycles. The largest absolute Gasteiger partial charge is 0.467 e. The zero-order valence-electron chi connectivity index (χ0n) is 15.7. The highest BCUT2D eigenvalue weighted by Gasteiger charge is 2.20. The lowest BCUT2D eigenvalue weighted by Gasteiger charge is -2.19. The molecule has 5 nitrogen and oxygen atoms in total. The van der Waals surface area contributed by atoms with Gasteiger partial charge in [0.2, 0.25) is 0 Å². The van der Waals surface area contributed by atoms with Gasteiger partial charge in [-0.15, -0.1) is 11.3 Å². The van der Waals surface area contributed by atoms with Gasteiger partial charge >= 0.3 is 5.97 Å². The molecule has 3 aromatic rings. The molecule has 1 aliphatic heterocycles. The van der Waals surface area contributed by atoms with E-state index in [0.29, 0.717) is 39.1 Å². The van der Waals surface area contributed by atoms with E-state index >= 15 is 0 Å². The minimum Gasteiger partial charge on any atom is -0.467 e. The van der Waals surface area contributed by atoms with Gasteiger partial charge in [0.15, 0.2) is 6.79 Å². The zero-order chi connectivity index (χ0) is 20.2. The number of hydrogen-bond donors (Lipinski definition) is 0. The molecule has 29 heavy (non-hydrogen) atoms. The Hall–Kier alpha value is -3.03. The molecule has 1 aromatic heterocycles. The lowest BCUT2D eigenvalue weighted by Crippen LogP contribution is -2.12. The van der Waals surface area contributed by atoms with Crippen LogP contribution in [-0.2, 0) is 16.1 Å². The van der Waals surface area contributed by atoms with Gasteiger partial charge in [0.1, 0.15) is 21.5 Å². The number of carbonyl (C=O) groups excluding carboxylic acids is 1. The van der Waals surface area contributed by atoms with E-state index in [1.54, 1.807) is 19.1 Å². The van der Waals surface area contributed by atoms with Crippen LogP contribution in [0.4, 0.5) is 4.39 Å². The molecule has 2 heterocycles. The highest BCUT2D eigenvalue weighted by atomic mass is 32.1. The molecule has 0 spiro atoms. The molecule has 0 unspecified atom stereocenters. The van der Waals surface area contributed by atoms with Crippen molar-refractivity contribution in [3.05, 3.63) is 69.3 Å². The van der Waals surface area contributed by atoms with Gasteiger partial charge in [-0.1, -0.05) is 30.3 Å². The number of benzene rings is 2. The normalized spacial score (nSPS) is 13.2. The molecule has 0 bridgehead atoms. The van der Waals surface area contributed by atoms with Gasteiger partial charge in [0, 0.05) is 16.7 Å². The van der Waals surface area contributed by atoms with Gasteiger partial charge in [-0.2, -0.15) is 0 Å². The third-order valence-electron chi connectivity index (χ3n) is 4.26. The van der Waals surface area contributed by atoms with Crippen molar-refractivity contribution in [1.82, 2.24) is 4.98 Å². The first-order valence-electron chi connectivity index (χ1n) is 9.10. The summed E-state index contributed by atoms with van der Waals surface area (Å²) in [4.78, 5) is 17.4. The van der Waals surface area contributed by atoms with Crippen LogP contribution < -0.4 is 4.74 Å². The first-order valence-corrected chi connectivity index (χ1v) is 9.91. The maximum absolute atomic E-state index is 13.9. The number of esters is 1. The van der Waals surface area contributed by atoms with Crippen LogP contribution in [0.15, 0.2) is 42.5 Å². The van der Waals surface area contributed by atoms with E-state index in [9.17, 15) is 9.18 Å². The number of aromatic nitrogens is 1. The molecular weight excluding hydrogens is 393 g/mol. The summed E-state index contributed by atoms with van der Waals surface area (Å²) < 4.78 is 29.9. The van der Waals surface area contributed by atoms with Crippen LogP contribution in [0.5, 0.6) is 5.75 Å². The number of ether oxygens (including phenoxy) is 3. The standard InChI is InChI=1S/C22H18FNO4S/c1-2-27-22(25)21-19(14-6-4-3-5-7-14)24-18(29-21)9-8-15-10-17(23)11-16-12-26-13-28-20(15)16/h3-11H,2,12-13H2,1H3/b9-8+. The van der Waals surface area contributed by atoms with E-state index in [4.69, 9.17) is 14.2 Å². The second-order valence-electron chi connectivity index (χ2n) is 6.24. The molecule has 0 radical (unpaired) electrons. The number of carbonyl (C=O) groups is 1. The second-order valence-corrected chi connectivity index (χ2v) is 7.27. The Morgan fingerprint density at radius 3 is 2.90 bits per heavy atom. The quantitative estimate of drug-likeness (QED) is 0.543. The lowest BCUT2D eigenvalue weighted by atomic mass is 10.1. The van der Waals surface area contributed by atoms with Crippen LogP contribution >= 0.6 is 11.3 Å². The maximum Gasteiger partial charge on any atom is 0.350 e. The van der Waals surface area contributed by atoms with Crippen molar-refractivity contribution >= 4 is 29.5 Å². The number of hydrogen-bond acceptors (Lipinski definition) is 6. The smallest absolute Gasteiger partial charge is 0.350 e. The summed E-state index contributed by atoms with van der Waals surface area (Å²) >= 11 is 1.23. The minimum atomic E-state index is -0.410. The van der Waals surface area contributed by atoms with E-state index < -0.39 is 5.97 Å². The van der Waals surface area contributed by atoms with Gasteiger partial charge in [0.25, 0.3) is 0 Å². The summed E-state index contributed by atoms with van der Waals surface area (Å²) in [5.41, 5.74) is 2.65. The summed E-state index contributed by atoms with van der Waals surface area (Å²) in [7, 11) is 0. The fourth-order valence-corrected chi connectivity index (χ4v) is 3.91. The monoisotopic (exact) mass is 411 g/mol.